The van der Waals surface area contributed by atoms with E-state index >= 15 is 0 Å². The lowest BCUT2D eigenvalue weighted by atomic mass is 9.94. The van der Waals surface area contributed by atoms with Crippen molar-refractivity contribution in [2.45, 2.75) is 27.2 Å². The Hall–Kier alpha value is -0.530. The van der Waals surface area contributed by atoms with Gasteiger partial charge in [0.2, 0.25) is 0 Å². The van der Waals surface area contributed by atoms with E-state index in [0.717, 1.165) is 6.42 Å². The minimum absolute atomic E-state index is 0.0370. The molecule has 0 aliphatic rings. The van der Waals surface area contributed by atoms with E-state index in [1.165, 1.54) is 7.11 Å². The van der Waals surface area contributed by atoms with Crippen LogP contribution in [-0.2, 0) is 9.53 Å². The molecule has 0 rings (SSSR count). The van der Waals surface area contributed by atoms with Crippen LogP contribution >= 0.6 is 0 Å². The van der Waals surface area contributed by atoms with Gasteiger partial charge in [0.25, 0.3) is 0 Å². The molecule has 0 spiro atoms. The lowest BCUT2D eigenvalue weighted by Gasteiger charge is -2.14. The maximum Gasteiger partial charge on any atom is 0.308 e. The van der Waals surface area contributed by atoms with Gasteiger partial charge in [-0.15, -0.1) is 0 Å². The molecule has 2 heteroatoms. The van der Waals surface area contributed by atoms with Crippen molar-refractivity contribution < 1.29 is 9.53 Å². The first-order valence-corrected chi connectivity index (χ1v) is 3.71. The van der Waals surface area contributed by atoms with Crippen LogP contribution in [0.25, 0.3) is 0 Å². The summed E-state index contributed by atoms with van der Waals surface area (Å²) < 4.78 is 4.60. The van der Waals surface area contributed by atoms with Crippen LogP contribution in [0.3, 0.4) is 0 Å². The van der Waals surface area contributed by atoms with Crippen LogP contribution < -0.4 is 0 Å². The fourth-order valence-corrected chi connectivity index (χ4v) is 0.772. The molecule has 0 unspecified atom stereocenters. The molecule has 60 valence electrons. The zero-order valence-electron chi connectivity index (χ0n) is 7.18. The smallest absolute Gasteiger partial charge is 0.308 e. The first kappa shape index (κ1) is 9.47. The predicted octanol–water partition coefficient (Wildman–Crippen LogP) is 1.84. The largest absolute Gasteiger partial charge is 0.469 e. The zero-order chi connectivity index (χ0) is 8.15. The van der Waals surface area contributed by atoms with E-state index in [1.54, 1.807) is 0 Å². The standard InChI is InChI=1S/C8H16O2/c1-5-6(2)7(3)8(9)10-4/h6-7H,5H2,1-4H3/t6-,7-/m0/s1. The van der Waals surface area contributed by atoms with Gasteiger partial charge in [-0.2, -0.15) is 0 Å². The van der Waals surface area contributed by atoms with Crippen molar-refractivity contribution in [1.29, 1.82) is 0 Å². The van der Waals surface area contributed by atoms with Gasteiger partial charge in [-0.1, -0.05) is 27.2 Å². The lowest BCUT2D eigenvalue weighted by molar-refractivity contribution is -0.146. The Bertz CT molecular complexity index is 110. The van der Waals surface area contributed by atoms with E-state index in [-0.39, 0.29) is 11.9 Å². The fraction of sp³-hybridized carbons (Fsp3) is 0.875. The first-order chi connectivity index (χ1) is 4.63. The predicted molar refractivity (Wildman–Crippen MR) is 40.6 cm³/mol. The highest BCUT2D eigenvalue weighted by Gasteiger charge is 2.18. The minimum Gasteiger partial charge on any atom is -0.469 e. The number of carbonyl (C=O) groups is 1. The second-order valence-corrected chi connectivity index (χ2v) is 2.70. The number of ether oxygens (including phenoxy) is 1. The molecule has 0 aliphatic carbocycles. The van der Waals surface area contributed by atoms with Crippen LogP contribution in [0.4, 0.5) is 0 Å². The van der Waals surface area contributed by atoms with Gasteiger partial charge in [-0.05, 0) is 5.92 Å². The zero-order valence-corrected chi connectivity index (χ0v) is 7.18. The molecule has 0 radical (unpaired) electrons. The van der Waals surface area contributed by atoms with Crippen molar-refractivity contribution in [3.63, 3.8) is 0 Å². The maximum absolute atomic E-state index is 10.9. The highest BCUT2D eigenvalue weighted by Crippen LogP contribution is 2.15. The second-order valence-electron chi connectivity index (χ2n) is 2.70. The van der Waals surface area contributed by atoms with E-state index in [2.05, 4.69) is 18.6 Å². The molecule has 0 bridgehead atoms. The second kappa shape index (κ2) is 4.31. The Kier molecular flexibility index (Phi) is 4.08. The lowest BCUT2D eigenvalue weighted by Crippen LogP contribution is -2.19. The summed E-state index contributed by atoms with van der Waals surface area (Å²) in [6, 6.07) is 0. The first-order valence-electron chi connectivity index (χ1n) is 3.71. The van der Waals surface area contributed by atoms with Gasteiger partial charge in [0.05, 0.1) is 13.0 Å². The van der Waals surface area contributed by atoms with Crippen molar-refractivity contribution in [2.24, 2.45) is 11.8 Å². The van der Waals surface area contributed by atoms with Crippen LogP contribution in [0.15, 0.2) is 0 Å². The normalized spacial score (nSPS) is 16.0. The van der Waals surface area contributed by atoms with Crippen LogP contribution in [-0.4, -0.2) is 13.1 Å². The van der Waals surface area contributed by atoms with Gasteiger partial charge in [0.1, 0.15) is 0 Å². The Morgan fingerprint density at radius 3 is 2.30 bits per heavy atom. The van der Waals surface area contributed by atoms with Crippen molar-refractivity contribution in [3.05, 3.63) is 0 Å². The molecule has 10 heavy (non-hydrogen) atoms. The summed E-state index contributed by atoms with van der Waals surface area (Å²) in [5, 5.41) is 0. The Labute approximate surface area is 62.6 Å². The SMILES string of the molecule is CC[C@H](C)[C@H](C)C(=O)OC. The summed E-state index contributed by atoms with van der Waals surface area (Å²) in [5.41, 5.74) is 0. The van der Waals surface area contributed by atoms with Gasteiger partial charge in [-0.25, -0.2) is 0 Å². The number of hydrogen-bond acceptors (Lipinski definition) is 2. The number of methoxy groups -OCH3 is 1. The van der Waals surface area contributed by atoms with Crippen molar-refractivity contribution in [1.82, 2.24) is 0 Å². The molecule has 0 heterocycles. The Morgan fingerprint density at radius 2 is 2.00 bits per heavy atom. The molecule has 0 saturated carbocycles. The highest BCUT2D eigenvalue weighted by atomic mass is 16.5. The van der Waals surface area contributed by atoms with Crippen LogP contribution in [0.2, 0.25) is 0 Å². The molecule has 0 N–H and O–H groups in total. The molecule has 2 nitrogen and oxygen atoms in total. The number of esters is 1. The molecule has 0 aromatic carbocycles. The minimum atomic E-state index is -0.102. The van der Waals surface area contributed by atoms with E-state index in [0.29, 0.717) is 5.92 Å². The summed E-state index contributed by atoms with van der Waals surface area (Å²) >= 11 is 0. The fourth-order valence-electron chi connectivity index (χ4n) is 0.772. The average molecular weight is 144 g/mol. The molecule has 2 atom stereocenters. The third-order valence-corrected chi connectivity index (χ3v) is 2.07. The van der Waals surface area contributed by atoms with Crippen LogP contribution in [0, 0.1) is 11.8 Å². The molecule has 0 fully saturated rings. The third kappa shape index (κ3) is 2.38. The Morgan fingerprint density at radius 1 is 1.50 bits per heavy atom. The van der Waals surface area contributed by atoms with E-state index < -0.39 is 0 Å². The van der Waals surface area contributed by atoms with Gasteiger partial charge in [0, 0.05) is 0 Å². The Balaban J connectivity index is 3.81. The third-order valence-electron chi connectivity index (χ3n) is 2.07. The van der Waals surface area contributed by atoms with Gasteiger partial charge in [0.15, 0.2) is 0 Å². The van der Waals surface area contributed by atoms with Crippen molar-refractivity contribution >= 4 is 5.97 Å². The van der Waals surface area contributed by atoms with Gasteiger partial charge in [-0.3, -0.25) is 4.79 Å². The number of hydrogen-bond donors (Lipinski definition) is 0. The van der Waals surface area contributed by atoms with Gasteiger partial charge >= 0.3 is 5.97 Å². The molecule has 0 aromatic heterocycles. The summed E-state index contributed by atoms with van der Waals surface area (Å²) in [4.78, 5) is 10.9. The number of rotatable bonds is 3. The summed E-state index contributed by atoms with van der Waals surface area (Å²) in [6.07, 6.45) is 1.02. The average Bonchev–Trinajstić information content (AvgIpc) is 2.00. The molecule has 0 saturated heterocycles. The topological polar surface area (TPSA) is 26.3 Å². The molecule has 0 aliphatic heterocycles. The quantitative estimate of drug-likeness (QED) is 0.565. The molecular weight excluding hydrogens is 128 g/mol. The summed E-state index contributed by atoms with van der Waals surface area (Å²) in [6.45, 7) is 6.03. The monoisotopic (exact) mass is 144 g/mol. The maximum atomic E-state index is 10.9. The van der Waals surface area contributed by atoms with Crippen LogP contribution in [0.5, 0.6) is 0 Å². The van der Waals surface area contributed by atoms with Gasteiger partial charge < -0.3 is 4.74 Å². The molecule has 0 amide bonds. The van der Waals surface area contributed by atoms with E-state index in [9.17, 15) is 4.79 Å². The number of carbonyl (C=O) groups excluding carboxylic acids is 1. The van der Waals surface area contributed by atoms with Crippen LogP contribution in [0.1, 0.15) is 27.2 Å². The molecular formula is C8H16O2. The highest BCUT2D eigenvalue weighted by molar-refractivity contribution is 5.72. The van der Waals surface area contributed by atoms with Crippen molar-refractivity contribution in [2.75, 3.05) is 7.11 Å². The summed E-state index contributed by atoms with van der Waals surface area (Å²) in [5.74, 6) is 0.358. The molecule has 0 aromatic rings. The van der Waals surface area contributed by atoms with Crippen molar-refractivity contribution in [3.8, 4) is 0 Å². The van der Waals surface area contributed by atoms with E-state index in [1.807, 2.05) is 6.92 Å². The van der Waals surface area contributed by atoms with E-state index in [4.69, 9.17) is 0 Å². The summed E-state index contributed by atoms with van der Waals surface area (Å²) in [7, 11) is 1.43.